The van der Waals surface area contributed by atoms with Crippen LogP contribution in [0.3, 0.4) is 0 Å². The number of piperidine rings is 1. The summed E-state index contributed by atoms with van der Waals surface area (Å²) in [5.41, 5.74) is 2.96. The van der Waals surface area contributed by atoms with E-state index in [9.17, 15) is 0 Å². The lowest BCUT2D eigenvalue weighted by Gasteiger charge is -2.39. The second-order valence-electron chi connectivity index (χ2n) is 6.44. The summed E-state index contributed by atoms with van der Waals surface area (Å²) in [6.45, 7) is 2.03. The van der Waals surface area contributed by atoms with Crippen LogP contribution in [0.1, 0.15) is 24.4 Å². The molecule has 1 saturated heterocycles. The Balaban J connectivity index is 1.54. The van der Waals surface area contributed by atoms with Crippen LogP contribution in [0.2, 0.25) is 0 Å². The first-order valence-electron chi connectivity index (χ1n) is 8.46. The second kappa shape index (κ2) is 6.57. The highest BCUT2D eigenvalue weighted by Gasteiger charge is 2.30. The smallest absolute Gasteiger partial charge is 0.182 e. The minimum atomic E-state index is 0.437. The van der Waals surface area contributed by atoms with Gasteiger partial charge in [-0.2, -0.15) is 0 Å². The molecule has 2 atom stereocenters. The molecule has 24 heavy (non-hydrogen) atoms. The van der Waals surface area contributed by atoms with Gasteiger partial charge in [0, 0.05) is 12.6 Å². The van der Waals surface area contributed by atoms with Crippen molar-refractivity contribution in [3.8, 4) is 0 Å². The van der Waals surface area contributed by atoms with Crippen molar-refractivity contribution in [1.82, 2.24) is 24.8 Å². The number of anilines is 1. The molecule has 0 amide bonds. The number of rotatable bonds is 4. The van der Waals surface area contributed by atoms with E-state index in [1.807, 2.05) is 0 Å². The van der Waals surface area contributed by atoms with Gasteiger partial charge >= 0.3 is 0 Å². The second-order valence-corrected chi connectivity index (χ2v) is 6.44. The van der Waals surface area contributed by atoms with Crippen molar-refractivity contribution >= 4 is 17.0 Å². The van der Waals surface area contributed by atoms with Gasteiger partial charge in [0.1, 0.15) is 11.8 Å². The number of hydrogen-bond acceptors (Lipinski definition) is 5. The molecule has 0 saturated carbocycles. The molecular formula is C18H22N6. The Morgan fingerprint density at radius 1 is 1.21 bits per heavy atom. The molecule has 0 radical (unpaired) electrons. The van der Waals surface area contributed by atoms with Gasteiger partial charge in [-0.3, -0.25) is 4.90 Å². The molecule has 0 unspecified atom stereocenters. The zero-order chi connectivity index (χ0) is 16.4. The minimum Gasteiger partial charge on any atom is -0.368 e. The number of imidazole rings is 1. The fraction of sp³-hybridized carbons (Fsp3) is 0.389. The zero-order valence-corrected chi connectivity index (χ0v) is 13.8. The molecule has 1 aliphatic heterocycles. The minimum absolute atomic E-state index is 0.437. The topological polar surface area (TPSA) is 69.7 Å². The van der Waals surface area contributed by atoms with Gasteiger partial charge in [0.25, 0.3) is 0 Å². The quantitative estimate of drug-likeness (QED) is 0.773. The van der Waals surface area contributed by atoms with E-state index in [1.165, 1.54) is 18.4 Å². The number of aromatic amines is 1. The van der Waals surface area contributed by atoms with Crippen LogP contribution >= 0.6 is 0 Å². The van der Waals surface area contributed by atoms with Crippen molar-refractivity contribution < 1.29 is 0 Å². The lowest BCUT2D eigenvalue weighted by Crippen LogP contribution is -2.39. The van der Waals surface area contributed by atoms with Crippen LogP contribution < -0.4 is 5.32 Å². The van der Waals surface area contributed by atoms with E-state index in [0.717, 1.165) is 24.4 Å². The van der Waals surface area contributed by atoms with Crippen molar-refractivity contribution in [3.05, 3.63) is 48.5 Å². The van der Waals surface area contributed by atoms with Crippen molar-refractivity contribution in [2.45, 2.75) is 18.9 Å². The maximum absolute atomic E-state index is 4.37. The van der Waals surface area contributed by atoms with Gasteiger partial charge in [0.2, 0.25) is 0 Å². The van der Waals surface area contributed by atoms with Gasteiger partial charge < -0.3 is 10.3 Å². The Morgan fingerprint density at radius 3 is 2.96 bits per heavy atom. The molecule has 4 rings (SSSR count). The molecule has 2 aromatic heterocycles. The van der Waals surface area contributed by atoms with Crippen LogP contribution in [-0.2, 0) is 0 Å². The van der Waals surface area contributed by atoms with Crippen LogP contribution in [0.15, 0.2) is 43.0 Å². The number of nitrogens with zero attached hydrogens (tertiary/aromatic N) is 4. The number of benzene rings is 1. The molecule has 3 aromatic rings. The van der Waals surface area contributed by atoms with E-state index in [4.69, 9.17) is 0 Å². The number of fused-ring (bicyclic) bond motifs is 1. The van der Waals surface area contributed by atoms with Crippen LogP contribution in [0.4, 0.5) is 5.82 Å². The summed E-state index contributed by atoms with van der Waals surface area (Å²) in [4.78, 5) is 18.3. The highest BCUT2D eigenvalue weighted by Crippen LogP contribution is 2.35. The third-order valence-electron chi connectivity index (χ3n) is 4.90. The highest BCUT2D eigenvalue weighted by atomic mass is 15.2. The van der Waals surface area contributed by atoms with E-state index in [2.05, 4.69) is 67.5 Å². The summed E-state index contributed by atoms with van der Waals surface area (Å²) in [5.74, 6) is 1.37. The van der Waals surface area contributed by atoms with Gasteiger partial charge in [-0.25, -0.2) is 15.0 Å². The average Bonchev–Trinajstić information content (AvgIpc) is 3.10. The lowest BCUT2D eigenvalue weighted by atomic mass is 9.85. The molecule has 124 valence electrons. The molecule has 1 aromatic carbocycles. The molecule has 6 nitrogen and oxygen atoms in total. The molecule has 2 N–H and O–H groups in total. The van der Waals surface area contributed by atoms with Gasteiger partial charge in [0.05, 0.1) is 6.33 Å². The Morgan fingerprint density at radius 2 is 2.08 bits per heavy atom. The summed E-state index contributed by atoms with van der Waals surface area (Å²) in [6, 6.07) is 11.2. The number of nitrogens with one attached hydrogen (secondary N) is 2. The SMILES string of the molecule is CN1CCC[C@H](CNc2ncnc3nc[nH]c23)[C@H]1c1ccccc1. The Bertz CT molecular complexity index is 799. The highest BCUT2D eigenvalue weighted by molar-refractivity contribution is 5.81. The zero-order valence-electron chi connectivity index (χ0n) is 13.8. The van der Waals surface area contributed by atoms with E-state index in [1.54, 1.807) is 12.7 Å². The predicted molar refractivity (Wildman–Crippen MR) is 94.7 cm³/mol. The van der Waals surface area contributed by atoms with Crippen molar-refractivity contribution in [1.29, 1.82) is 0 Å². The van der Waals surface area contributed by atoms with Crippen LogP contribution in [0, 0.1) is 5.92 Å². The average molecular weight is 322 g/mol. The third kappa shape index (κ3) is 2.85. The molecule has 0 aliphatic carbocycles. The Hall–Kier alpha value is -2.47. The van der Waals surface area contributed by atoms with E-state index >= 15 is 0 Å². The monoisotopic (exact) mass is 322 g/mol. The maximum Gasteiger partial charge on any atom is 0.182 e. The fourth-order valence-corrected chi connectivity index (χ4v) is 3.78. The van der Waals surface area contributed by atoms with Gasteiger partial charge in [-0.15, -0.1) is 0 Å². The number of hydrogen-bond donors (Lipinski definition) is 2. The number of likely N-dealkylation sites (tertiary alicyclic amines) is 1. The molecular weight excluding hydrogens is 300 g/mol. The normalized spacial score (nSPS) is 21.9. The first-order chi connectivity index (χ1) is 11.8. The van der Waals surface area contributed by atoms with Crippen molar-refractivity contribution in [3.63, 3.8) is 0 Å². The van der Waals surface area contributed by atoms with Gasteiger partial charge in [-0.1, -0.05) is 30.3 Å². The first kappa shape index (κ1) is 15.1. The largest absolute Gasteiger partial charge is 0.368 e. The van der Waals surface area contributed by atoms with Crippen LogP contribution in [-0.4, -0.2) is 45.0 Å². The molecule has 0 spiro atoms. The summed E-state index contributed by atoms with van der Waals surface area (Å²) >= 11 is 0. The fourth-order valence-electron chi connectivity index (χ4n) is 3.78. The number of H-pyrrole nitrogens is 1. The molecule has 1 fully saturated rings. The summed E-state index contributed by atoms with van der Waals surface area (Å²) in [5, 5.41) is 3.51. The van der Waals surface area contributed by atoms with Gasteiger partial charge in [-0.05, 0) is 37.9 Å². The predicted octanol–water partition coefficient (Wildman–Crippen LogP) is 2.85. The molecule has 0 bridgehead atoms. The van der Waals surface area contributed by atoms with Crippen molar-refractivity contribution in [2.24, 2.45) is 5.92 Å². The standard InChI is InChI=1S/C18H22N6/c1-24-9-5-8-14(16(24)13-6-3-2-4-7-13)10-19-17-15-18(21-11-20-15)23-12-22-17/h2-4,6-7,11-12,14,16H,5,8-10H2,1H3,(H2,19,20,21,22,23)/t14-,16-/m1/s1. The van der Waals surface area contributed by atoms with Crippen LogP contribution in [0.5, 0.6) is 0 Å². The first-order valence-corrected chi connectivity index (χ1v) is 8.46. The molecule has 3 heterocycles. The Kier molecular flexibility index (Phi) is 4.13. The molecule has 6 heteroatoms. The lowest BCUT2D eigenvalue weighted by molar-refractivity contribution is 0.128. The van der Waals surface area contributed by atoms with E-state index < -0.39 is 0 Å². The molecule has 1 aliphatic rings. The van der Waals surface area contributed by atoms with E-state index in [-0.39, 0.29) is 0 Å². The summed E-state index contributed by atoms with van der Waals surface area (Å²) in [6.07, 6.45) is 5.67. The van der Waals surface area contributed by atoms with E-state index in [0.29, 0.717) is 17.6 Å². The third-order valence-corrected chi connectivity index (χ3v) is 4.90. The summed E-state index contributed by atoms with van der Waals surface area (Å²) < 4.78 is 0. The summed E-state index contributed by atoms with van der Waals surface area (Å²) in [7, 11) is 2.22. The van der Waals surface area contributed by atoms with Gasteiger partial charge in [0.15, 0.2) is 11.5 Å². The number of aromatic nitrogens is 4. The maximum atomic E-state index is 4.37. The van der Waals surface area contributed by atoms with Crippen LogP contribution in [0.25, 0.3) is 11.2 Å². The Labute approximate surface area is 141 Å². The van der Waals surface area contributed by atoms with Crippen molar-refractivity contribution in [2.75, 3.05) is 25.5 Å².